The van der Waals surface area contributed by atoms with Crippen LogP contribution in [-0.2, 0) is 24.7 Å². The summed E-state index contributed by atoms with van der Waals surface area (Å²) in [7, 11) is -6.20. The van der Waals surface area contributed by atoms with E-state index in [1.807, 2.05) is 0 Å². The van der Waals surface area contributed by atoms with E-state index in [0.29, 0.717) is 10.8 Å². The first-order valence-corrected chi connectivity index (χ1v) is 14.7. The van der Waals surface area contributed by atoms with E-state index in [1.54, 1.807) is 44.2 Å². The lowest BCUT2D eigenvalue weighted by Crippen LogP contribution is -2.21. The predicted octanol–water partition coefficient (Wildman–Crippen LogP) is 4.59. The number of nitrogens with zero attached hydrogens (tertiary/aromatic N) is 2. The van der Waals surface area contributed by atoms with Crippen LogP contribution in [0.1, 0.15) is 13.8 Å². The summed E-state index contributed by atoms with van der Waals surface area (Å²) in [6, 6.07) is 12.4. The predicted molar refractivity (Wildman–Crippen MR) is 143 cm³/mol. The Balaban J connectivity index is 0.000000708. The Morgan fingerprint density at radius 3 is 2.02 bits per heavy atom. The zero-order valence-electron chi connectivity index (χ0n) is 21.2. The van der Waals surface area contributed by atoms with Crippen molar-refractivity contribution in [2.24, 2.45) is 5.92 Å². The number of alkyl halides is 3. The van der Waals surface area contributed by atoms with Crippen LogP contribution in [-0.4, -0.2) is 56.9 Å². The lowest BCUT2D eigenvalue weighted by atomic mass is 10.3. The van der Waals surface area contributed by atoms with Gasteiger partial charge in [-0.2, -0.15) is 13.2 Å². The monoisotopic (exact) mass is 623 g/mol. The average molecular weight is 624 g/mol. The van der Waals surface area contributed by atoms with Gasteiger partial charge in [-0.1, -0.05) is 25.4 Å². The Hall–Kier alpha value is -3.47. The third-order valence-electron chi connectivity index (χ3n) is 4.71. The van der Waals surface area contributed by atoms with E-state index in [1.165, 1.54) is 31.6 Å². The molecule has 0 amide bonds. The number of aromatic nitrogens is 2. The van der Waals surface area contributed by atoms with E-state index in [4.69, 9.17) is 21.5 Å². The van der Waals surface area contributed by atoms with E-state index in [9.17, 15) is 30.0 Å². The minimum Gasteiger partial charge on any atom is -0.475 e. The molecule has 0 aliphatic carbocycles. The highest BCUT2D eigenvalue weighted by Crippen LogP contribution is 2.30. The van der Waals surface area contributed by atoms with Crippen LogP contribution < -0.4 is 15.4 Å². The minimum absolute atomic E-state index is 0.0166. The van der Waals surface area contributed by atoms with Gasteiger partial charge in [-0.3, -0.25) is 0 Å². The Morgan fingerprint density at radius 1 is 0.975 bits per heavy atom. The van der Waals surface area contributed by atoms with Gasteiger partial charge in [0.2, 0.25) is 10.0 Å². The highest BCUT2D eigenvalue weighted by Gasteiger charge is 2.38. The number of benzene rings is 2. The molecule has 0 aliphatic heterocycles. The average Bonchev–Trinajstić information content (AvgIpc) is 2.84. The number of sulfonamides is 1. The number of sulfone groups is 1. The SMILES string of the molecule is CNS(=O)(=O)c1ccc(S(=O)(=O)CC(C)C)c(Nc2cc(Nc3ccc(Cl)cc3)ncn2)c1.O=C(O)C(F)(F)F. The van der Waals surface area contributed by atoms with Gasteiger partial charge in [0.1, 0.15) is 18.0 Å². The quantitative estimate of drug-likeness (QED) is 0.265. The fourth-order valence-corrected chi connectivity index (χ4v) is 5.66. The third kappa shape index (κ3) is 9.62. The molecule has 1 heterocycles. The summed E-state index contributed by atoms with van der Waals surface area (Å²) in [6.45, 7) is 3.59. The van der Waals surface area contributed by atoms with Crippen LogP contribution in [0.5, 0.6) is 0 Å². The van der Waals surface area contributed by atoms with Crippen molar-refractivity contribution in [1.82, 2.24) is 14.7 Å². The molecule has 0 saturated heterocycles. The van der Waals surface area contributed by atoms with E-state index in [0.717, 1.165) is 5.69 Å². The molecule has 2 aromatic carbocycles. The molecule has 0 fully saturated rings. The van der Waals surface area contributed by atoms with Crippen LogP contribution in [0.15, 0.2) is 64.6 Å². The van der Waals surface area contributed by atoms with Crippen molar-refractivity contribution in [2.45, 2.75) is 29.8 Å². The lowest BCUT2D eigenvalue weighted by Gasteiger charge is -2.15. The van der Waals surface area contributed by atoms with Gasteiger partial charge in [0.25, 0.3) is 0 Å². The van der Waals surface area contributed by atoms with Crippen molar-refractivity contribution in [3.05, 3.63) is 59.9 Å². The molecule has 40 heavy (non-hydrogen) atoms. The molecule has 0 radical (unpaired) electrons. The summed E-state index contributed by atoms with van der Waals surface area (Å²) in [5, 5.41) is 13.8. The number of carboxylic acid groups (broad SMARTS) is 1. The minimum atomic E-state index is -5.08. The molecule has 0 unspecified atom stereocenters. The summed E-state index contributed by atoms with van der Waals surface area (Å²) in [5.74, 6) is -2.24. The van der Waals surface area contributed by atoms with E-state index in [-0.39, 0.29) is 33.0 Å². The van der Waals surface area contributed by atoms with Crippen LogP contribution >= 0.6 is 11.6 Å². The van der Waals surface area contributed by atoms with Crippen LogP contribution in [0.3, 0.4) is 0 Å². The third-order valence-corrected chi connectivity index (χ3v) is 8.50. The summed E-state index contributed by atoms with van der Waals surface area (Å²) in [6.07, 6.45) is -3.78. The Kier molecular flexibility index (Phi) is 10.9. The van der Waals surface area contributed by atoms with E-state index >= 15 is 0 Å². The van der Waals surface area contributed by atoms with Gasteiger partial charge in [0.15, 0.2) is 9.84 Å². The molecule has 11 nitrogen and oxygen atoms in total. The fraction of sp³-hybridized carbons (Fsp3) is 0.261. The number of carbonyl (C=O) groups is 1. The van der Waals surface area contributed by atoms with Crippen molar-refractivity contribution in [2.75, 3.05) is 23.4 Å². The maximum atomic E-state index is 13.0. The highest BCUT2D eigenvalue weighted by atomic mass is 35.5. The topological polar surface area (TPSA) is 167 Å². The van der Waals surface area contributed by atoms with Gasteiger partial charge in [-0.25, -0.2) is 36.3 Å². The lowest BCUT2D eigenvalue weighted by molar-refractivity contribution is -0.192. The van der Waals surface area contributed by atoms with Crippen molar-refractivity contribution in [3.8, 4) is 0 Å². The molecule has 3 aromatic rings. The van der Waals surface area contributed by atoms with Crippen LogP contribution in [0.2, 0.25) is 5.02 Å². The maximum absolute atomic E-state index is 13.0. The Labute approximate surface area is 233 Å². The largest absolute Gasteiger partial charge is 0.490 e. The van der Waals surface area contributed by atoms with Gasteiger partial charge in [-0.05, 0) is 55.4 Å². The second-order valence-electron chi connectivity index (χ2n) is 8.39. The molecule has 0 saturated carbocycles. The van der Waals surface area contributed by atoms with Crippen molar-refractivity contribution >= 4 is 60.4 Å². The zero-order valence-corrected chi connectivity index (χ0v) is 23.6. The fourth-order valence-electron chi connectivity index (χ4n) is 3.00. The number of rotatable bonds is 9. The molecular formula is C23H25ClF3N5O6S2. The number of carboxylic acids is 1. The summed E-state index contributed by atoms with van der Waals surface area (Å²) < 4.78 is 84.5. The van der Waals surface area contributed by atoms with E-state index < -0.39 is 32.0 Å². The first kappa shape index (κ1) is 32.7. The van der Waals surface area contributed by atoms with Crippen molar-refractivity contribution < 1.29 is 39.9 Å². The van der Waals surface area contributed by atoms with E-state index in [2.05, 4.69) is 25.3 Å². The Bertz CT molecular complexity index is 1550. The number of anilines is 4. The Morgan fingerprint density at radius 2 is 1.52 bits per heavy atom. The summed E-state index contributed by atoms with van der Waals surface area (Å²) >= 11 is 5.91. The zero-order chi connectivity index (χ0) is 30.3. The number of hydrogen-bond donors (Lipinski definition) is 4. The second-order valence-corrected chi connectivity index (χ2v) is 12.7. The van der Waals surface area contributed by atoms with Crippen molar-refractivity contribution in [3.63, 3.8) is 0 Å². The normalized spacial score (nSPS) is 11.9. The van der Waals surface area contributed by atoms with Crippen LogP contribution in [0, 0.1) is 5.92 Å². The molecule has 218 valence electrons. The molecule has 17 heteroatoms. The first-order chi connectivity index (χ1) is 18.4. The summed E-state index contributed by atoms with van der Waals surface area (Å²) in [5.41, 5.74) is 0.842. The molecule has 0 bridgehead atoms. The van der Waals surface area contributed by atoms with Gasteiger partial charge >= 0.3 is 12.1 Å². The molecular weight excluding hydrogens is 599 g/mol. The smallest absolute Gasteiger partial charge is 0.475 e. The van der Waals surface area contributed by atoms with Crippen LogP contribution in [0.25, 0.3) is 0 Å². The number of halogens is 4. The van der Waals surface area contributed by atoms with Crippen LogP contribution in [0.4, 0.5) is 36.2 Å². The molecule has 0 atom stereocenters. The number of hydrogen-bond acceptors (Lipinski definition) is 9. The number of aliphatic carboxylic acids is 1. The van der Waals surface area contributed by atoms with Gasteiger partial charge in [0.05, 0.1) is 21.2 Å². The molecule has 0 aliphatic rings. The molecule has 0 spiro atoms. The standard InChI is InChI=1S/C21H24ClN5O4S2.C2HF3O2/c1-14(2)12-32(28,29)19-9-8-17(33(30,31)23-3)10-18(19)27-21-11-20(24-13-25-21)26-16-6-4-15(22)5-7-16;3-2(4,5)1(6)7/h4-11,13-14,23H,12H2,1-3H3,(H2,24,25,26,27);(H,6,7). The van der Waals surface area contributed by atoms with Gasteiger partial charge < -0.3 is 15.7 Å². The van der Waals surface area contributed by atoms with Gasteiger partial charge in [-0.15, -0.1) is 0 Å². The number of nitrogens with one attached hydrogen (secondary N) is 3. The summed E-state index contributed by atoms with van der Waals surface area (Å²) in [4.78, 5) is 17.1. The second kappa shape index (κ2) is 13.3. The highest BCUT2D eigenvalue weighted by molar-refractivity contribution is 7.91. The van der Waals surface area contributed by atoms with Crippen molar-refractivity contribution in [1.29, 1.82) is 0 Å². The molecule has 1 aromatic heterocycles. The first-order valence-electron chi connectivity index (χ1n) is 11.2. The van der Waals surface area contributed by atoms with Gasteiger partial charge in [0, 0.05) is 16.8 Å². The molecule has 3 rings (SSSR count). The molecule has 4 N–H and O–H groups in total. The maximum Gasteiger partial charge on any atom is 0.490 e.